The molecule has 0 aliphatic heterocycles. The molecule has 94 valence electrons. The average molecular weight is 249 g/mol. The first kappa shape index (κ1) is 12.2. The standard InChI is InChI=1S/C11H12FN5O/c1-8(9-2-4-10(12)5-3-9)14-11(18)6-17-7-13-15-16-17/h2-5,7-8H,6H2,1H3,(H,14,18)/t8-/m0/s1. The van der Waals surface area contributed by atoms with Gasteiger partial charge in [-0.1, -0.05) is 12.1 Å². The number of benzene rings is 1. The molecule has 1 heterocycles. The Morgan fingerprint density at radius 1 is 1.44 bits per heavy atom. The van der Waals surface area contributed by atoms with E-state index in [1.54, 1.807) is 12.1 Å². The van der Waals surface area contributed by atoms with Crippen molar-refractivity contribution in [3.63, 3.8) is 0 Å². The van der Waals surface area contributed by atoms with Crippen molar-refractivity contribution in [1.29, 1.82) is 0 Å². The van der Waals surface area contributed by atoms with Crippen LogP contribution in [0.25, 0.3) is 0 Å². The lowest BCUT2D eigenvalue weighted by Crippen LogP contribution is -2.30. The highest BCUT2D eigenvalue weighted by Crippen LogP contribution is 2.12. The molecule has 0 aliphatic rings. The minimum atomic E-state index is -0.300. The predicted molar refractivity (Wildman–Crippen MR) is 60.8 cm³/mol. The number of halogens is 1. The van der Waals surface area contributed by atoms with Crippen molar-refractivity contribution < 1.29 is 9.18 Å². The second-order valence-corrected chi connectivity index (χ2v) is 3.85. The third kappa shape index (κ3) is 3.09. The number of carbonyl (C=O) groups excluding carboxylic acids is 1. The van der Waals surface area contributed by atoms with Crippen molar-refractivity contribution in [3.8, 4) is 0 Å². The third-order valence-corrected chi connectivity index (χ3v) is 2.44. The van der Waals surface area contributed by atoms with E-state index in [9.17, 15) is 9.18 Å². The second kappa shape index (κ2) is 5.35. The number of carbonyl (C=O) groups is 1. The molecule has 0 fully saturated rings. The van der Waals surface area contributed by atoms with Crippen LogP contribution in [0.2, 0.25) is 0 Å². The number of hydrogen-bond acceptors (Lipinski definition) is 4. The van der Waals surface area contributed by atoms with Gasteiger partial charge in [0.1, 0.15) is 18.7 Å². The normalized spacial score (nSPS) is 12.1. The Morgan fingerprint density at radius 3 is 2.78 bits per heavy atom. The number of hydrogen-bond donors (Lipinski definition) is 1. The molecular formula is C11H12FN5O. The van der Waals surface area contributed by atoms with E-state index in [-0.39, 0.29) is 24.3 Å². The molecule has 2 rings (SSSR count). The molecule has 0 unspecified atom stereocenters. The van der Waals surface area contributed by atoms with Crippen LogP contribution in [0.1, 0.15) is 18.5 Å². The fourth-order valence-electron chi connectivity index (χ4n) is 1.52. The highest BCUT2D eigenvalue weighted by molar-refractivity contribution is 5.76. The lowest BCUT2D eigenvalue weighted by Gasteiger charge is -2.14. The molecule has 1 amide bonds. The highest BCUT2D eigenvalue weighted by Gasteiger charge is 2.10. The molecule has 0 bridgehead atoms. The van der Waals surface area contributed by atoms with Gasteiger partial charge in [-0.2, -0.15) is 0 Å². The summed E-state index contributed by atoms with van der Waals surface area (Å²) in [7, 11) is 0. The van der Waals surface area contributed by atoms with E-state index in [4.69, 9.17) is 0 Å². The molecule has 0 saturated heterocycles. The first-order chi connectivity index (χ1) is 8.65. The van der Waals surface area contributed by atoms with Crippen molar-refractivity contribution >= 4 is 5.91 Å². The van der Waals surface area contributed by atoms with Crippen LogP contribution in [0.15, 0.2) is 30.6 Å². The van der Waals surface area contributed by atoms with Gasteiger partial charge in [0.25, 0.3) is 0 Å². The smallest absolute Gasteiger partial charge is 0.242 e. The van der Waals surface area contributed by atoms with Gasteiger partial charge in [0.2, 0.25) is 5.91 Å². The van der Waals surface area contributed by atoms with Crippen LogP contribution in [0.4, 0.5) is 4.39 Å². The number of aromatic nitrogens is 4. The van der Waals surface area contributed by atoms with Gasteiger partial charge in [-0.05, 0) is 35.0 Å². The SMILES string of the molecule is C[C@H](NC(=O)Cn1cnnn1)c1ccc(F)cc1. The molecule has 0 aliphatic carbocycles. The van der Waals surface area contributed by atoms with Crippen molar-refractivity contribution in [3.05, 3.63) is 42.0 Å². The number of tetrazole rings is 1. The molecule has 0 saturated carbocycles. The van der Waals surface area contributed by atoms with Crippen LogP contribution < -0.4 is 5.32 Å². The third-order valence-electron chi connectivity index (χ3n) is 2.44. The lowest BCUT2D eigenvalue weighted by atomic mass is 10.1. The minimum Gasteiger partial charge on any atom is -0.348 e. The molecular weight excluding hydrogens is 237 g/mol. The Balaban J connectivity index is 1.92. The van der Waals surface area contributed by atoms with Crippen molar-refractivity contribution in [1.82, 2.24) is 25.5 Å². The van der Waals surface area contributed by atoms with Gasteiger partial charge in [-0.3, -0.25) is 4.79 Å². The topological polar surface area (TPSA) is 72.7 Å². The van der Waals surface area contributed by atoms with Gasteiger partial charge in [-0.25, -0.2) is 9.07 Å². The Bertz CT molecular complexity index is 511. The van der Waals surface area contributed by atoms with Gasteiger partial charge in [-0.15, -0.1) is 5.10 Å². The Labute approximate surface area is 103 Å². The molecule has 0 spiro atoms. The summed E-state index contributed by atoms with van der Waals surface area (Å²) in [6, 6.07) is 5.79. The molecule has 7 heteroatoms. The maximum Gasteiger partial charge on any atom is 0.242 e. The van der Waals surface area contributed by atoms with Crippen LogP contribution in [0.3, 0.4) is 0 Å². The van der Waals surface area contributed by atoms with E-state index >= 15 is 0 Å². The van der Waals surface area contributed by atoms with Gasteiger partial charge < -0.3 is 5.32 Å². The number of nitrogens with zero attached hydrogens (tertiary/aromatic N) is 4. The fraction of sp³-hybridized carbons (Fsp3) is 0.273. The van der Waals surface area contributed by atoms with Crippen molar-refractivity contribution in [2.75, 3.05) is 0 Å². The minimum absolute atomic E-state index is 0.0541. The van der Waals surface area contributed by atoms with E-state index in [0.717, 1.165) is 5.56 Å². The van der Waals surface area contributed by atoms with E-state index in [1.165, 1.54) is 23.1 Å². The number of nitrogens with one attached hydrogen (secondary N) is 1. The van der Waals surface area contributed by atoms with Gasteiger partial charge in [0.05, 0.1) is 6.04 Å². The van der Waals surface area contributed by atoms with Crippen LogP contribution >= 0.6 is 0 Å². The van der Waals surface area contributed by atoms with Crippen LogP contribution in [0.5, 0.6) is 0 Å². The van der Waals surface area contributed by atoms with Gasteiger partial charge in [0.15, 0.2) is 0 Å². The predicted octanol–water partition coefficient (Wildman–Crippen LogP) is 0.690. The Hall–Kier alpha value is -2.31. The van der Waals surface area contributed by atoms with E-state index in [1.807, 2.05) is 6.92 Å². The summed E-state index contributed by atoms with van der Waals surface area (Å²) in [5, 5.41) is 13.2. The monoisotopic (exact) mass is 249 g/mol. The summed E-state index contributed by atoms with van der Waals surface area (Å²) >= 11 is 0. The second-order valence-electron chi connectivity index (χ2n) is 3.85. The molecule has 2 aromatic rings. The maximum atomic E-state index is 12.8. The van der Waals surface area contributed by atoms with E-state index in [2.05, 4.69) is 20.8 Å². The zero-order chi connectivity index (χ0) is 13.0. The summed E-state index contributed by atoms with van der Waals surface area (Å²) in [6.45, 7) is 1.88. The number of amides is 1. The lowest BCUT2D eigenvalue weighted by molar-refractivity contribution is -0.122. The molecule has 1 N–H and O–H groups in total. The summed E-state index contributed by atoms with van der Waals surface area (Å²) in [4.78, 5) is 11.7. The van der Waals surface area contributed by atoms with E-state index < -0.39 is 0 Å². The zero-order valence-corrected chi connectivity index (χ0v) is 9.75. The molecule has 1 aromatic heterocycles. The summed E-state index contributed by atoms with van der Waals surface area (Å²) < 4.78 is 14.1. The number of rotatable bonds is 4. The first-order valence-corrected chi connectivity index (χ1v) is 5.41. The fourth-order valence-corrected chi connectivity index (χ4v) is 1.52. The highest BCUT2D eigenvalue weighted by atomic mass is 19.1. The molecule has 1 atom stereocenters. The summed E-state index contributed by atoms with van der Waals surface area (Å²) in [6.07, 6.45) is 1.36. The maximum absolute atomic E-state index is 12.8. The Kier molecular flexibility index (Phi) is 3.61. The largest absolute Gasteiger partial charge is 0.348 e. The van der Waals surface area contributed by atoms with Gasteiger partial charge >= 0.3 is 0 Å². The zero-order valence-electron chi connectivity index (χ0n) is 9.75. The van der Waals surface area contributed by atoms with Gasteiger partial charge in [0, 0.05) is 0 Å². The first-order valence-electron chi connectivity index (χ1n) is 5.41. The molecule has 18 heavy (non-hydrogen) atoms. The van der Waals surface area contributed by atoms with Crippen molar-refractivity contribution in [2.45, 2.75) is 19.5 Å². The summed E-state index contributed by atoms with van der Waals surface area (Å²) in [5.41, 5.74) is 0.835. The Morgan fingerprint density at radius 2 is 2.17 bits per heavy atom. The van der Waals surface area contributed by atoms with Crippen LogP contribution in [0, 0.1) is 5.82 Å². The molecule has 1 aromatic carbocycles. The molecule has 0 radical (unpaired) electrons. The summed E-state index contributed by atoms with van der Waals surface area (Å²) in [5.74, 6) is -0.509. The van der Waals surface area contributed by atoms with E-state index in [0.29, 0.717) is 0 Å². The molecule has 6 nitrogen and oxygen atoms in total. The van der Waals surface area contributed by atoms with Crippen LogP contribution in [-0.2, 0) is 11.3 Å². The average Bonchev–Trinajstić information content (AvgIpc) is 2.82. The quantitative estimate of drug-likeness (QED) is 0.865. The van der Waals surface area contributed by atoms with Crippen LogP contribution in [-0.4, -0.2) is 26.1 Å². The van der Waals surface area contributed by atoms with Crippen molar-refractivity contribution in [2.24, 2.45) is 0 Å².